The second kappa shape index (κ2) is 14.9. The van der Waals surface area contributed by atoms with Gasteiger partial charge in [-0.25, -0.2) is 0 Å². The van der Waals surface area contributed by atoms with Crippen LogP contribution >= 0.6 is 11.3 Å². The molecule has 0 saturated heterocycles. The molecule has 1 radical (unpaired) electrons. The minimum absolute atomic E-state index is 0. The summed E-state index contributed by atoms with van der Waals surface area (Å²) in [6, 6.07) is 23.0. The van der Waals surface area contributed by atoms with E-state index < -0.39 is 0 Å². The predicted octanol–water partition coefficient (Wildman–Crippen LogP) is 13.1. The first-order valence-electron chi connectivity index (χ1n) is 17.3. The SMILES string of the molecule is CCC(C)(CC)C(=O)/C=C(\O)C(C)(CC)CC.Cc1cc2c(ccc3sc4c(-c5[c-]c6ccccc6c(C(C)(C)C)c5)nccc4c32)o1.[Ir]. The van der Waals surface area contributed by atoms with Gasteiger partial charge in [-0.1, -0.05) is 91.5 Å². The van der Waals surface area contributed by atoms with Crippen molar-refractivity contribution in [1.29, 1.82) is 0 Å². The van der Waals surface area contributed by atoms with Crippen LogP contribution in [0.5, 0.6) is 0 Å². The summed E-state index contributed by atoms with van der Waals surface area (Å²) in [6.45, 7) is 20.9. The number of aromatic nitrogens is 1. The van der Waals surface area contributed by atoms with Crippen molar-refractivity contribution >= 4 is 59.0 Å². The van der Waals surface area contributed by atoms with Crippen LogP contribution in [0.3, 0.4) is 0 Å². The molecule has 0 saturated carbocycles. The van der Waals surface area contributed by atoms with E-state index in [1.54, 1.807) is 11.3 Å². The Kier molecular flexibility index (Phi) is 11.7. The molecule has 0 amide bonds. The maximum atomic E-state index is 12.2. The van der Waals surface area contributed by atoms with Crippen molar-refractivity contribution in [3.05, 3.63) is 90.0 Å². The molecular formula is C43H50IrNO3S-. The van der Waals surface area contributed by atoms with E-state index in [0.29, 0.717) is 0 Å². The zero-order valence-electron chi connectivity index (χ0n) is 30.6. The quantitative estimate of drug-likeness (QED) is 0.0941. The number of rotatable bonds is 8. The molecule has 0 atom stereocenters. The number of nitrogens with zero attached hydrogens (tertiary/aromatic N) is 1. The van der Waals surface area contributed by atoms with Gasteiger partial charge in [0.25, 0.3) is 0 Å². The molecule has 6 rings (SSSR count). The van der Waals surface area contributed by atoms with Gasteiger partial charge in [0.1, 0.15) is 17.1 Å². The molecule has 49 heavy (non-hydrogen) atoms. The van der Waals surface area contributed by atoms with Crippen LogP contribution < -0.4 is 0 Å². The maximum absolute atomic E-state index is 12.2. The summed E-state index contributed by atoms with van der Waals surface area (Å²) < 4.78 is 8.36. The minimum atomic E-state index is -0.337. The van der Waals surface area contributed by atoms with Crippen LogP contribution in [0.4, 0.5) is 0 Å². The number of pyridine rings is 1. The fraction of sp³-hybridized carbons (Fsp3) is 0.395. The van der Waals surface area contributed by atoms with E-state index in [9.17, 15) is 9.90 Å². The number of carbonyl (C=O) groups is 1. The van der Waals surface area contributed by atoms with Crippen molar-refractivity contribution in [2.45, 2.75) is 100 Å². The second-order valence-electron chi connectivity index (χ2n) is 14.7. The number of benzene rings is 3. The van der Waals surface area contributed by atoms with Crippen LogP contribution in [-0.2, 0) is 30.3 Å². The third-order valence-corrected chi connectivity index (χ3v) is 11.8. The molecule has 0 bridgehead atoms. The van der Waals surface area contributed by atoms with Crippen LogP contribution in [0, 0.1) is 23.8 Å². The number of ketones is 1. The molecule has 3 heterocycles. The van der Waals surface area contributed by atoms with Gasteiger partial charge in [-0.05, 0) is 67.7 Å². The number of aliphatic hydroxyl groups is 1. The summed E-state index contributed by atoms with van der Waals surface area (Å²) in [4.78, 5) is 17.0. The van der Waals surface area contributed by atoms with Crippen LogP contribution in [0.2, 0.25) is 0 Å². The molecule has 0 aliphatic carbocycles. The van der Waals surface area contributed by atoms with Crippen molar-refractivity contribution in [1.82, 2.24) is 4.98 Å². The first-order valence-corrected chi connectivity index (χ1v) is 18.1. The molecule has 0 aliphatic rings. The molecule has 3 aromatic carbocycles. The normalized spacial score (nSPS) is 12.7. The smallest absolute Gasteiger partial charge is 0.164 e. The summed E-state index contributed by atoms with van der Waals surface area (Å²) >= 11 is 1.80. The number of furan rings is 1. The first-order chi connectivity index (χ1) is 22.7. The summed E-state index contributed by atoms with van der Waals surface area (Å²) in [5, 5.41) is 16.2. The minimum Gasteiger partial charge on any atom is -0.512 e. The third kappa shape index (κ3) is 7.43. The Bertz CT molecular complexity index is 2140. The summed E-state index contributed by atoms with van der Waals surface area (Å²) in [6.07, 6.45) is 6.68. The number of allylic oxidation sites excluding steroid dienone is 2. The van der Waals surface area contributed by atoms with Gasteiger partial charge in [0.15, 0.2) is 5.78 Å². The molecule has 261 valence electrons. The molecule has 0 spiro atoms. The Morgan fingerprint density at radius 2 is 1.53 bits per heavy atom. The zero-order valence-corrected chi connectivity index (χ0v) is 33.8. The van der Waals surface area contributed by atoms with Crippen molar-refractivity contribution < 1.29 is 34.4 Å². The van der Waals surface area contributed by atoms with Crippen LogP contribution in [-0.4, -0.2) is 15.9 Å². The fourth-order valence-corrected chi connectivity index (χ4v) is 7.51. The molecule has 6 aromatic rings. The monoisotopic (exact) mass is 853 g/mol. The van der Waals surface area contributed by atoms with Gasteiger partial charge >= 0.3 is 0 Å². The summed E-state index contributed by atoms with van der Waals surface area (Å²) in [5.74, 6) is 1.22. The largest absolute Gasteiger partial charge is 0.512 e. The molecule has 0 unspecified atom stereocenters. The third-order valence-electron chi connectivity index (χ3n) is 10.6. The van der Waals surface area contributed by atoms with Gasteiger partial charge in [-0.2, -0.15) is 0 Å². The van der Waals surface area contributed by atoms with E-state index in [2.05, 4.69) is 81.4 Å². The van der Waals surface area contributed by atoms with E-state index in [-0.39, 0.29) is 47.9 Å². The van der Waals surface area contributed by atoms with Gasteiger partial charge < -0.3 is 9.52 Å². The van der Waals surface area contributed by atoms with Crippen molar-refractivity contribution in [2.75, 3.05) is 0 Å². The molecule has 4 nitrogen and oxygen atoms in total. The second-order valence-corrected chi connectivity index (χ2v) is 15.7. The molecule has 0 fully saturated rings. The van der Waals surface area contributed by atoms with E-state index >= 15 is 0 Å². The predicted molar refractivity (Wildman–Crippen MR) is 205 cm³/mol. The Hall–Kier alpha value is -3.31. The van der Waals surface area contributed by atoms with E-state index in [0.717, 1.165) is 53.7 Å². The van der Waals surface area contributed by atoms with Gasteiger partial charge in [0, 0.05) is 69.1 Å². The number of hydrogen-bond acceptors (Lipinski definition) is 5. The van der Waals surface area contributed by atoms with Crippen LogP contribution in [0.25, 0.3) is 53.2 Å². The summed E-state index contributed by atoms with van der Waals surface area (Å²) in [5.41, 5.74) is 3.75. The van der Waals surface area contributed by atoms with Gasteiger partial charge in [0.2, 0.25) is 0 Å². The average molecular weight is 853 g/mol. The topological polar surface area (TPSA) is 63.3 Å². The molecule has 1 N–H and O–H groups in total. The van der Waals surface area contributed by atoms with Crippen molar-refractivity contribution in [3.8, 4) is 11.3 Å². The van der Waals surface area contributed by atoms with E-state index in [1.165, 1.54) is 42.6 Å². The van der Waals surface area contributed by atoms with Crippen LogP contribution in [0.15, 0.2) is 77.0 Å². The van der Waals surface area contributed by atoms with E-state index in [1.807, 2.05) is 54.7 Å². The number of carbonyl (C=O) groups excluding carboxylic acids is 1. The van der Waals surface area contributed by atoms with Crippen molar-refractivity contribution in [3.63, 3.8) is 0 Å². The number of aliphatic hydroxyl groups excluding tert-OH is 1. The molecule has 3 aromatic heterocycles. The summed E-state index contributed by atoms with van der Waals surface area (Å²) in [7, 11) is 0. The Morgan fingerprint density at radius 3 is 2.16 bits per heavy atom. The fourth-order valence-electron chi connectivity index (χ4n) is 6.29. The van der Waals surface area contributed by atoms with Gasteiger partial charge in [-0.15, -0.1) is 40.5 Å². The van der Waals surface area contributed by atoms with Gasteiger partial charge in [0.05, 0.1) is 0 Å². The zero-order chi connectivity index (χ0) is 35.0. The average Bonchev–Trinajstić information content (AvgIpc) is 3.66. The molecule has 0 aliphatic heterocycles. The Balaban J connectivity index is 0.000000260. The number of aryl methyl sites for hydroxylation is 1. The Morgan fingerprint density at radius 1 is 0.878 bits per heavy atom. The maximum Gasteiger partial charge on any atom is 0.164 e. The first kappa shape index (κ1) is 38.5. The van der Waals surface area contributed by atoms with Crippen molar-refractivity contribution in [2.24, 2.45) is 10.8 Å². The molecule has 6 heteroatoms. The van der Waals surface area contributed by atoms with E-state index in [4.69, 9.17) is 9.40 Å². The molecular weight excluding hydrogens is 803 g/mol. The van der Waals surface area contributed by atoms with Gasteiger partial charge in [-0.3, -0.25) is 9.78 Å². The Labute approximate surface area is 309 Å². The number of hydrogen-bond donors (Lipinski definition) is 1. The number of fused-ring (bicyclic) bond motifs is 6. The van der Waals surface area contributed by atoms with Crippen LogP contribution in [0.1, 0.15) is 99.3 Å². The standard InChI is InChI=1S/C28H22NOS.C15H28O2.Ir/c1-16-13-21-23(30-16)9-10-24-25(21)20-11-12-29-26(27(20)31-24)18-14-17-7-5-6-8-19(17)22(15-18)28(2,3)4;1-7-14(5,8-2)12(16)11-13(17)15(6,9-3)10-4;/h5-13,15H,1-4H3;11,16H,7-10H2,1-6H3;/q-1;;/b;12-11-;. The number of thiophene rings is 1.